The van der Waals surface area contributed by atoms with E-state index in [9.17, 15) is 0 Å². The van der Waals surface area contributed by atoms with Crippen molar-refractivity contribution in [1.82, 2.24) is 0 Å². The summed E-state index contributed by atoms with van der Waals surface area (Å²) < 4.78 is 5.53. The molecule has 0 fully saturated rings. The van der Waals surface area contributed by atoms with Crippen molar-refractivity contribution in [2.75, 3.05) is 0 Å². The lowest BCUT2D eigenvalue weighted by Gasteiger charge is -2.00. The largest absolute Gasteiger partial charge is 0.465 e. The molecule has 0 aliphatic rings. The zero-order chi connectivity index (χ0) is 8.43. The second-order valence-electron chi connectivity index (χ2n) is 3.07. The monoisotopic (exact) mass is 170 g/mol. The van der Waals surface area contributed by atoms with Crippen LogP contribution in [0.4, 0.5) is 0 Å². The number of furan rings is 1. The van der Waals surface area contributed by atoms with Gasteiger partial charge in [-0.25, -0.2) is 0 Å². The van der Waals surface area contributed by atoms with Crippen LogP contribution in [0, 0.1) is 0 Å². The topological polar surface area (TPSA) is 13.1 Å². The second kappa shape index (κ2) is 3.35. The van der Waals surface area contributed by atoms with Crippen LogP contribution in [0.5, 0.6) is 0 Å². The van der Waals surface area contributed by atoms with Crippen molar-refractivity contribution in [1.29, 1.82) is 0 Å². The summed E-state index contributed by atoms with van der Waals surface area (Å²) in [4.78, 5) is 0. The first kappa shape index (κ1) is 8.72. The third-order valence-electron chi connectivity index (χ3n) is 1.63. The molecular formula is C9H14OS. The molecule has 0 amide bonds. The Kier molecular flexibility index (Phi) is 2.66. The lowest BCUT2D eigenvalue weighted by atomic mass is 10.2. The van der Waals surface area contributed by atoms with E-state index >= 15 is 0 Å². The van der Waals surface area contributed by atoms with Gasteiger partial charge in [0.2, 0.25) is 0 Å². The minimum atomic E-state index is 0.197. The van der Waals surface area contributed by atoms with Crippen LogP contribution in [0.3, 0.4) is 0 Å². The highest BCUT2D eigenvalue weighted by Crippen LogP contribution is 2.24. The first-order valence-electron chi connectivity index (χ1n) is 3.89. The first-order chi connectivity index (χ1) is 5.11. The molecule has 1 aromatic rings. The zero-order valence-electron chi connectivity index (χ0n) is 7.16. The van der Waals surface area contributed by atoms with E-state index in [2.05, 4.69) is 26.5 Å². The van der Waals surface area contributed by atoms with Crippen molar-refractivity contribution in [2.45, 2.75) is 31.9 Å². The van der Waals surface area contributed by atoms with Gasteiger partial charge < -0.3 is 4.42 Å². The number of rotatable bonds is 2. The van der Waals surface area contributed by atoms with Crippen LogP contribution in [-0.4, -0.2) is 0 Å². The molecule has 0 bridgehead atoms. The summed E-state index contributed by atoms with van der Waals surface area (Å²) >= 11 is 4.28. The summed E-state index contributed by atoms with van der Waals surface area (Å²) in [5, 5.41) is 0.197. The smallest absolute Gasteiger partial charge is 0.116 e. The summed E-state index contributed by atoms with van der Waals surface area (Å²) in [6, 6.07) is 4.01. The minimum Gasteiger partial charge on any atom is -0.465 e. The molecule has 11 heavy (non-hydrogen) atoms. The second-order valence-corrected chi connectivity index (χ2v) is 3.85. The Morgan fingerprint density at radius 3 is 2.00 bits per heavy atom. The van der Waals surface area contributed by atoms with Gasteiger partial charge in [-0.05, 0) is 19.1 Å². The molecule has 1 heterocycles. The molecule has 0 saturated carbocycles. The van der Waals surface area contributed by atoms with Crippen molar-refractivity contribution in [2.24, 2.45) is 0 Å². The van der Waals surface area contributed by atoms with Gasteiger partial charge in [-0.15, -0.1) is 0 Å². The highest BCUT2D eigenvalue weighted by Gasteiger charge is 2.08. The van der Waals surface area contributed by atoms with E-state index in [1.165, 1.54) is 0 Å². The summed E-state index contributed by atoms with van der Waals surface area (Å²) in [5.74, 6) is 2.47. The minimum absolute atomic E-state index is 0.197. The van der Waals surface area contributed by atoms with Crippen LogP contribution < -0.4 is 0 Å². The van der Waals surface area contributed by atoms with Crippen LogP contribution in [0.2, 0.25) is 0 Å². The fourth-order valence-corrected chi connectivity index (χ4v) is 1.04. The fraction of sp³-hybridized carbons (Fsp3) is 0.556. The standard InChI is InChI=1S/C9H14OS/c1-6(2)8-4-5-9(10-8)7(3)11/h4-7,11H,1-3H3. The molecule has 2 heteroatoms. The molecule has 1 nitrogen and oxygen atoms in total. The molecule has 0 aromatic carbocycles. The summed E-state index contributed by atoms with van der Waals surface area (Å²) in [6.45, 7) is 6.24. The SMILES string of the molecule is CC(C)c1ccc(C(C)S)o1. The van der Waals surface area contributed by atoms with E-state index in [4.69, 9.17) is 4.42 Å². The summed E-state index contributed by atoms with van der Waals surface area (Å²) in [6.07, 6.45) is 0. The van der Waals surface area contributed by atoms with Crippen LogP contribution in [0.15, 0.2) is 16.5 Å². The van der Waals surface area contributed by atoms with Gasteiger partial charge in [-0.2, -0.15) is 12.6 Å². The zero-order valence-corrected chi connectivity index (χ0v) is 8.06. The lowest BCUT2D eigenvalue weighted by molar-refractivity contribution is 0.450. The Morgan fingerprint density at radius 1 is 1.18 bits per heavy atom. The fourth-order valence-electron chi connectivity index (χ4n) is 0.903. The highest BCUT2D eigenvalue weighted by molar-refractivity contribution is 7.80. The normalized spacial score (nSPS) is 13.9. The van der Waals surface area contributed by atoms with Crippen molar-refractivity contribution in [3.8, 4) is 0 Å². The van der Waals surface area contributed by atoms with E-state index in [0.717, 1.165) is 11.5 Å². The van der Waals surface area contributed by atoms with Gasteiger partial charge >= 0.3 is 0 Å². The molecular weight excluding hydrogens is 156 g/mol. The van der Waals surface area contributed by atoms with E-state index in [1.807, 2.05) is 19.1 Å². The van der Waals surface area contributed by atoms with Crippen LogP contribution in [0.25, 0.3) is 0 Å². The van der Waals surface area contributed by atoms with Crippen molar-refractivity contribution in [3.63, 3.8) is 0 Å². The third kappa shape index (κ3) is 2.03. The maximum atomic E-state index is 5.53. The van der Waals surface area contributed by atoms with E-state index in [0.29, 0.717) is 5.92 Å². The lowest BCUT2D eigenvalue weighted by Crippen LogP contribution is -1.82. The summed E-state index contributed by atoms with van der Waals surface area (Å²) in [7, 11) is 0. The highest BCUT2D eigenvalue weighted by atomic mass is 32.1. The average Bonchev–Trinajstić information content (AvgIpc) is 2.33. The third-order valence-corrected chi connectivity index (χ3v) is 1.88. The molecule has 1 atom stereocenters. The molecule has 1 aromatic heterocycles. The molecule has 0 spiro atoms. The first-order valence-corrected chi connectivity index (χ1v) is 4.40. The molecule has 0 radical (unpaired) electrons. The molecule has 1 rings (SSSR count). The summed E-state index contributed by atoms with van der Waals surface area (Å²) in [5.41, 5.74) is 0. The Morgan fingerprint density at radius 2 is 1.73 bits per heavy atom. The Hall–Kier alpha value is -0.370. The Labute approximate surface area is 73.2 Å². The predicted molar refractivity (Wildman–Crippen MR) is 50.2 cm³/mol. The number of thiol groups is 1. The predicted octanol–water partition coefficient (Wildman–Crippen LogP) is 3.39. The molecule has 0 N–H and O–H groups in total. The molecule has 1 unspecified atom stereocenters. The quantitative estimate of drug-likeness (QED) is 0.671. The van der Waals surface area contributed by atoms with Gasteiger partial charge in [-0.3, -0.25) is 0 Å². The van der Waals surface area contributed by atoms with Crippen LogP contribution >= 0.6 is 12.6 Å². The van der Waals surface area contributed by atoms with Gasteiger partial charge in [0, 0.05) is 5.92 Å². The van der Waals surface area contributed by atoms with Gasteiger partial charge in [-0.1, -0.05) is 13.8 Å². The van der Waals surface area contributed by atoms with Gasteiger partial charge in [0.1, 0.15) is 11.5 Å². The van der Waals surface area contributed by atoms with Crippen molar-refractivity contribution < 1.29 is 4.42 Å². The molecule has 0 aliphatic carbocycles. The van der Waals surface area contributed by atoms with E-state index in [1.54, 1.807) is 0 Å². The van der Waals surface area contributed by atoms with Gasteiger partial charge in [0.25, 0.3) is 0 Å². The van der Waals surface area contributed by atoms with Crippen LogP contribution in [-0.2, 0) is 0 Å². The maximum Gasteiger partial charge on any atom is 0.116 e. The van der Waals surface area contributed by atoms with Crippen molar-refractivity contribution >= 4 is 12.6 Å². The van der Waals surface area contributed by atoms with E-state index in [-0.39, 0.29) is 5.25 Å². The van der Waals surface area contributed by atoms with Crippen LogP contribution in [0.1, 0.15) is 43.5 Å². The maximum absolute atomic E-state index is 5.53. The number of hydrogen-bond acceptors (Lipinski definition) is 2. The molecule has 0 saturated heterocycles. The Balaban J connectivity index is 2.82. The molecule has 62 valence electrons. The van der Waals surface area contributed by atoms with E-state index < -0.39 is 0 Å². The molecule has 0 aliphatic heterocycles. The van der Waals surface area contributed by atoms with Gasteiger partial charge in [0.15, 0.2) is 0 Å². The average molecular weight is 170 g/mol. The van der Waals surface area contributed by atoms with Crippen molar-refractivity contribution in [3.05, 3.63) is 23.7 Å². The Bertz CT molecular complexity index is 203. The number of hydrogen-bond donors (Lipinski definition) is 1. The van der Waals surface area contributed by atoms with Gasteiger partial charge in [0.05, 0.1) is 5.25 Å².